The van der Waals surface area contributed by atoms with Crippen LogP contribution in [-0.4, -0.2) is 20.4 Å². The topological polar surface area (TPSA) is 0 Å². The van der Waals surface area contributed by atoms with Gasteiger partial charge in [-0.3, -0.25) is 0 Å². The van der Waals surface area contributed by atoms with E-state index < -0.39 is 0 Å². The molecule has 0 N–H and O–H groups in total. The molecular formula is C12H26Mg. The van der Waals surface area contributed by atoms with Crippen LogP contribution in [0.1, 0.15) is 59.8 Å². The van der Waals surface area contributed by atoms with Crippen molar-refractivity contribution in [3.8, 4) is 0 Å². The van der Waals surface area contributed by atoms with E-state index in [1.165, 1.54) is 36.7 Å². The maximum absolute atomic E-state index is 2.38. The summed E-state index contributed by atoms with van der Waals surface area (Å²) in [6, 6.07) is 0. The van der Waals surface area contributed by atoms with Crippen molar-refractivity contribution in [2.75, 3.05) is 0 Å². The highest BCUT2D eigenvalue weighted by molar-refractivity contribution is 6.37. The van der Waals surface area contributed by atoms with Gasteiger partial charge in [0.05, 0.1) is 0 Å². The van der Waals surface area contributed by atoms with E-state index in [-0.39, 0.29) is 20.4 Å². The molecule has 13 heavy (non-hydrogen) atoms. The largest absolute Gasteiger partial charge is 0.368 e. The Hall–Kier alpha value is 0.766. The van der Waals surface area contributed by atoms with Crippen LogP contribution in [0.25, 0.3) is 0 Å². The second kappa shape index (κ2) is 9.33. The van der Waals surface area contributed by atoms with Crippen LogP contribution in [-0.2, 0) is 0 Å². The summed E-state index contributed by atoms with van der Waals surface area (Å²) < 4.78 is 2.66. The summed E-state index contributed by atoms with van der Waals surface area (Å²) in [5.74, 6) is 1.05. The second-order valence-corrected chi connectivity index (χ2v) is 6.89. The molecule has 0 heterocycles. The van der Waals surface area contributed by atoms with Crippen LogP contribution < -0.4 is 0 Å². The highest BCUT2D eigenvalue weighted by Crippen LogP contribution is 2.29. The molecule has 0 aliphatic rings. The summed E-state index contributed by atoms with van der Waals surface area (Å²) in [4.78, 5) is 0. The van der Waals surface area contributed by atoms with Gasteiger partial charge in [0.1, 0.15) is 0 Å². The fourth-order valence-electron chi connectivity index (χ4n) is 2.41. The normalized spacial score (nSPS) is 13.0. The molecule has 0 aromatic rings. The van der Waals surface area contributed by atoms with E-state index in [4.69, 9.17) is 0 Å². The van der Waals surface area contributed by atoms with Gasteiger partial charge in [-0.25, -0.2) is 0 Å². The third-order valence-corrected chi connectivity index (χ3v) is 5.70. The molecule has 0 nitrogen and oxygen atoms in total. The van der Waals surface area contributed by atoms with Crippen molar-refractivity contribution >= 4 is 20.4 Å². The lowest BCUT2D eigenvalue weighted by atomic mass is 9.95. The van der Waals surface area contributed by atoms with E-state index in [0.717, 1.165) is 9.97 Å². The molecule has 0 aliphatic heterocycles. The zero-order valence-electron chi connectivity index (χ0n) is 10.1. The van der Waals surface area contributed by atoms with E-state index >= 15 is 0 Å². The molecule has 1 unspecified atom stereocenters. The van der Waals surface area contributed by atoms with Crippen molar-refractivity contribution in [2.24, 2.45) is 5.92 Å². The van der Waals surface area contributed by atoms with E-state index in [2.05, 4.69) is 27.7 Å². The smallest absolute Gasteiger partial charge is 0.148 e. The van der Waals surface area contributed by atoms with E-state index in [1.54, 1.807) is 0 Å². The summed E-state index contributed by atoms with van der Waals surface area (Å²) in [5, 5.41) is 0. The number of unbranched alkanes of at least 4 members (excludes halogenated alkanes) is 1. The standard InChI is InChI=1S/C10H21.C2H5.Mg/c1-4-7-8-9-10(5-2)6-3;1-2;/h9-10H,4-8H2,1-3H3;1H2,2H3;. The highest BCUT2D eigenvalue weighted by Gasteiger charge is 2.18. The average Bonchev–Trinajstić information content (AvgIpc) is 2.16. The van der Waals surface area contributed by atoms with Gasteiger partial charge < -0.3 is 0 Å². The Kier molecular flexibility index (Phi) is 9.88. The number of hydrogen-bond donors (Lipinski definition) is 0. The first-order chi connectivity index (χ1) is 6.29. The lowest BCUT2D eigenvalue weighted by Crippen LogP contribution is -2.13. The molecule has 1 heteroatoms. The fraction of sp³-hybridized carbons (Fsp3) is 1.00. The molecule has 0 amide bonds. The summed E-state index contributed by atoms with van der Waals surface area (Å²) in [6.45, 7) is 9.44. The summed E-state index contributed by atoms with van der Waals surface area (Å²) in [6.07, 6.45) is 7.21. The molecule has 0 aromatic carbocycles. The molecule has 0 radical (unpaired) electrons. The van der Waals surface area contributed by atoms with Gasteiger partial charge in [0.15, 0.2) is 0 Å². The Morgan fingerprint density at radius 3 is 2.00 bits per heavy atom. The Morgan fingerprint density at radius 2 is 1.62 bits per heavy atom. The SMILES string of the molecule is CCCC[CH]([Mg][CH2]C)C(CC)CC. The molecule has 0 aliphatic carbocycles. The van der Waals surface area contributed by atoms with Crippen molar-refractivity contribution < 1.29 is 0 Å². The molecule has 1 atom stereocenters. The van der Waals surface area contributed by atoms with Crippen LogP contribution in [0.2, 0.25) is 8.60 Å². The molecule has 0 rings (SSSR count). The van der Waals surface area contributed by atoms with Crippen molar-refractivity contribution in [3.63, 3.8) is 0 Å². The predicted molar refractivity (Wildman–Crippen MR) is 63.6 cm³/mol. The second-order valence-electron chi connectivity index (χ2n) is 4.27. The molecule has 0 saturated heterocycles. The molecule has 0 fully saturated rings. The Labute approximate surface area is 94.6 Å². The first-order valence-corrected chi connectivity index (χ1v) is 8.11. The Balaban J connectivity index is 3.88. The van der Waals surface area contributed by atoms with Gasteiger partial charge in [-0.05, 0) is 0 Å². The van der Waals surface area contributed by atoms with Gasteiger partial charge in [0, 0.05) is 0 Å². The van der Waals surface area contributed by atoms with E-state index in [0.29, 0.717) is 0 Å². The third kappa shape index (κ3) is 5.95. The van der Waals surface area contributed by atoms with Crippen LogP contribution in [0.3, 0.4) is 0 Å². The van der Waals surface area contributed by atoms with Crippen LogP contribution >= 0.6 is 0 Å². The van der Waals surface area contributed by atoms with Gasteiger partial charge in [-0.1, -0.05) is 65.7 Å². The maximum atomic E-state index is 2.38. The third-order valence-electron chi connectivity index (χ3n) is 3.30. The molecule has 0 bridgehead atoms. The molecular weight excluding hydrogens is 168 g/mol. The zero-order chi connectivity index (χ0) is 10.1. The molecule has 0 aromatic heterocycles. The number of hydrogen-bond acceptors (Lipinski definition) is 0. The van der Waals surface area contributed by atoms with Crippen molar-refractivity contribution in [3.05, 3.63) is 0 Å². The Morgan fingerprint density at radius 1 is 1.00 bits per heavy atom. The average molecular weight is 195 g/mol. The number of rotatable bonds is 8. The maximum Gasteiger partial charge on any atom is 0.368 e. The Bertz CT molecular complexity index is 97.3. The summed E-state index contributed by atoms with van der Waals surface area (Å²) in [7, 11) is 0. The molecule has 76 valence electrons. The summed E-state index contributed by atoms with van der Waals surface area (Å²) >= 11 is 0.246. The zero-order valence-corrected chi connectivity index (χ0v) is 11.5. The van der Waals surface area contributed by atoms with E-state index in [1.807, 2.05) is 0 Å². The highest BCUT2D eigenvalue weighted by atomic mass is 24.5. The van der Waals surface area contributed by atoms with Gasteiger partial charge in [0.2, 0.25) is 0 Å². The minimum atomic E-state index is 0.246. The first-order valence-electron chi connectivity index (χ1n) is 6.29. The van der Waals surface area contributed by atoms with Crippen LogP contribution in [0.4, 0.5) is 0 Å². The molecule has 0 saturated carbocycles. The quantitative estimate of drug-likeness (QED) is 0.498. The van der Waals surface area contributed by atoms with Gasteiger partial charge in [-0.15, -0.1) is 8.60 Å². The minimum absolute atomic E-state index is 0.246. The lowest BCUT2D eigenvalue weighted by Gasteiger charge is -2.25. The van der Waals surface area contributed by atoms with Crippen molar-refractivity contribution in [1.29, 1.82) is 0 Å². The van der Waals surface area contributed by atoms with Gasteiger partial charge in [0.25, 0.3) is 0 Å². The fourth-order valence-corrected chi connectivity index (χ4v) is 4.87. The summed E-state index contributed by atoms with van der Waals surface area (Å²) in [5.41, 5.74) is 0. The predicted octanol–water partition coefficient (Wildman–Crippen LogP) is 4.54. The van der Waals surface area contributed by atoms with Crippen molar-refractivity contribution in [2.45, 2.75) is 68.4 Å². The van der Waals surface area contributed by atoms with Gasteiger partial charge in [-0.2, -0.15) is 0 Å². The lowest BCUT2D eigenvalue weighted by molar-refractivity contribution is 0.429. The van der Waals surface area contributed by atoms with Crippen LogP contribution in [0, 0.1) is 5.92 Å². The monoisotopic (exact) mass is 194 g/mol. The van der Waals surface area contributed by atoms with Gasteiger partial charge >= 0.3 is 20.4 Å². The van der Waals surface area contributed by atoms with Crippen molar-refractivity contribution in [1.82, 2.24) is 0 Å². The van der Waals surface area contributed by atoms with E-state index in [9.17, 15) is 0 Å². The molecule has 0 spiro atoms. The first kappa shape index (κ1) is 13.8. The van der Waals surface area contributed by atoms with Crippen LogP contribution in [0.5, 0.6) is 0 Å². The minimum Gasteiger partial charge on any atom is -0.148 e. The van der Waals surface area contributed by atoms with Crippen LogP contribution in [0.15, 0.2) is 0 Å².